The largest absolute Gasteiger partial charge is 0.394 e. The average molecular weight is 1080 g/mol. The van der Waals surface area contributed by atoms with E-state index in [-0.39, 0.29) is 40.4 Å². The van der Waals surface area contributed by atoms with Gasteiger partial charge in [-0.1, -0.05) is 39.3 Å². The molecule has 8 rings (SSSR count). The maximum Gasteiger partial charge on any atom is 0.187 e. The van der Waals surface area contributed by atoms with E-state index in [1.54, 1.807) is 0 Å². The van der Waals surface area contributed by atoms with Crippen molar-refractivity contribution in [2.45, 2.75) is 254 Å². The third-order valence-electron chi connectivity index (χ3n) is 20.3. The second-order valence-electron chi connectivity index (χ2n) is 25.0. The number of aliphatic hydroxyl groups excluding tert-OH is 14. The van der Waals surface area contributed by atoms with Gasteiger partial charge in [-0.15, -0.1) is 0 Å². The molecule has 0 amide bonds. The van der Waals surface area contributed by atoms with Gasteiger partial charge in [0.1, 0.15) is 91.6 Å². The third kappa shape index (κ3) is 10.8. The topological polar surface area (TPSA) is 357 Å². The second-order valence-corrected chi connectivity index (χ2v) is 25.0. The Morgan fingerprint density at radius 3 is 1.79 bits per heavy atom. The summed E-state index contributed by atoms with van der Waals surface area (Å²) >= 11 is 0. The van der Waals surface area contributed by atoms with Crippen LogP contribution in [-0.4, -0.2) is 232 Å². The van der Waals surface area contributed by atoms with Crippen molar-refractivity contribution >= 4 is 0 Å². The van der Waals surface area contributed by atoms with Crippen molar-refractivity contribution in [3.05, 3.63) is 11.6 Å². The fourth-order valence-electron chi connectivity index (χ4n) is 15.5. The highest BCUT2D eigenvalue weighted by atomic mass is 16.8. The number of hydrogen-bond donors (Lipinski definition) is 14. The summed E-state index contributed by atoms with van der Waals surface area (Å²) in [6.07, 6.45) is -23.4. The highest BCUT2D eigenvalue weighted by Gasteiger charge is 2.70. The third-order valence-corrected chi connectivity index (χ3v) is 20.3. The minimum absolute atomic E-state index is 0.103. The lowest BCUT2D eigenvalue weighted by molar-refractivity contribution is -0.377. The van der Waals surface area contributed by atoms with Crippen LogP contribution in [0.5, 0.6) is 0 Å². The Morgan fingerprint density at radius 1 is 0.587 bits per heavy atom. The molecule has 4 saturated carbocycles. The molecular weight excluding hydrogens is 989 g/mol. The lowest BCUT2D eigenvalue weighted by Crippen LogP contribution is -2.66. The first-order valence-electron chi connectivity index (χ1n) is 27.4. The van der Waals surface area contributed by atoms with Gasteiger partial charge in [-0.05, 0) is 131 Å². The van der Waals surface area contributed by atoms with Gasteiger partial charge in [-0.25, -0.2) is 0 Å². The molecule has 22 nitrogen and oxygen atoms in total. The monoisotopic (exact) mass is 1080 g/mol. The van der Waals surface area contributed by atoms with Gasteiger partial charge < -0.3 is 109 Å². The van der Waals surface area contributed by atoms with Crippen LogP contribution in [0.4, 0.5) is 0 Å². The number of aliphatic hydroxyl groups is 14. The molecule has 4 saturated heterocycles. The van der Waals surface area contributed by atoms with Crippen molar-refractivity contribution in [2.75, 3.05) is 19.8 Å². The summed E-state index contributed by atoms with van der Waals surface area (Å²) in [5.74, 6) is -0.0990. The average Bonchev–Trinajstić information content (AvgIpc) is 3.76. The van der Waals surface area contributed by atoms with E-state index in [2.05, 4.69) is 33.8 Å². The van der Waals surface area contributed by atoms with Gasteiger partial charge in [0.25, 0.3) is 0 Å². The zero-order valence-electron chi connectivity index (χ0n) is 44.7. The van der Waals surface area contributed by atoms with Crippen molar-refractivity contribution in [2.24, 2.45) is 45.8 Å². The lowest BCUT2D eigenvalue weighted by atomic mass is 9.39. The zero-order chi connectivity index (χ0) is 55.0. The van der Waals surface area contributed by atoms with E-state index in [4.69, 9.17) is 37.9 Å². The van der Waals surface area contributed by atoms with Gasteiger partial charge >= 0.3 is 0 Å². The molecule has 0 spiro atoms. The number of hydrogen-bond acceptors (Lipinski definition) is 22. The molecule has 75 heavy (non-hydrogen) atoms. The molecule has 4 heterocycles. The minimum Gasteiger partial charge on any atom is -0.394 e. The van der Waals surface area contributed by atoms with E-state index < -0.39 is 166 Å². The molecule has 8 fully saturated rings. The maximum atomic E-state index is 12.7. The maximum absolute atomic E-state index is 12.7. The fraction of sp³-hybridized carbons (Fsp3) is 0.962. The Labute approximate surface area is 439 Å². The van der Waals surface area contributed by atoms with E-state index in [9.17, 15) is 71.5 Å². The molecule has 0 aromatic carbocycles. The number of ether oxygens (including phenoxy) is 8. The van der Waals surface area contributed by atoms with Crippen LogP contribution >= 0.6 is 0 Å². The molecule has 434 valence electrons. The normalized spacial score (nSPS) is 52.7. The number of fused-ring (bicyclic) bond motifs is 5. The van der Waals surface area contributed by atoms with Crippen LogP contribution in [0, 0.1) is 45.8 Å². The molecule has 4 aliphatic carbocycles. The predicted octanol–water partition coefficient (Wildman–Crippen LogP) is -1.57. The first kappa shape index (κ1) is 60.0. The van der Waals surface area contributed by atoms with Gasteiger partial charge in [0.15, 0.2) is 25.2 Å². The summed E-state index contributed by atoms with van der Waals surface area (Å²) in [5, 5.41) is 152. The van der Waals surface area contributed by atoms with Crippen molar-refractivity contribution in [1.29, 1.82) is 0 Å². The van der Waals surface area contributed by atoms with Crippen LogP contribution in [0.15, 0.2) is 11.6 Å². The molecule has 8 aliphatic rings. The predicted molar refractivity (Wildman–Crippen MR) is 260 cm³/mol. The second kappa shape index (κ2) is 23.0. The van der Waals surface area contributed by atoms with Gasteiger partial charge in [-0.2, -0.15) is 0 Å². The summed E-state index contributed by atoms with van der Waals surface area (Å²) in [7, 11) is 0. The highest BCUT2D eigenvalue weighted by molar-refractivity contribution is 5.18. The van der Waals surface area contributed by atoms with E-state index in [1.165, 1.54) is 6.92 Å². The number of rotatable bonds is 15. The lowest BCUT2D eigenvalue weighted by Gasteiger charge is -2.67. The summed E-state index contributed by atoms with van der Waals surface area (Å²) in [6.45, 7) is 14.6. The molecule has 0 radical (unpaired) electrons. The zero-order valence-corrected chi connectivity index (χ0v) is 44.7. The van der Waals surface area contributed by atoms with Crippen LogP contribution in [-0.2, 0) is 37.9 Å². The summed E-state index contributed by atoms with van der Waals surface area (Å²) < 4.78 is 49.0. The molecule has 30 atom stereocenters. The highest BCUT2D eigenvalue weighted by Crippen LogP contribution is 2.73. The van der Waals surface area contributed by atoms with Crippen LogP contribution in [0.1, 0.15) is 113 Å². The Bertz CT molecular complexity index is 1930. The Hall–Kier alpha value is -1.14. The molecule has 4 aliphatic heterocycles. The SMILES string of the molecule is CC(C)=CCC[C@](C)(O[C@@H]1O[C@H](CO[C@@H]2O[C@@H](C)[C@@H](O)[C@@H](O)[C@H]2O)[C@@H](O)[C@H](O)[C@H]1O)C1CCC2(C)C1C(O)CC1C3CCC(O[C@@H]4O[C@H](CO)[C@@H](O)[C@H](O)[C@H]4O[C@@H]4O[C@H](CO)[C@@H](O)[C@H](O)[C@H]4O)C(C)(C)C3CCC12C. The Morgan fingerprint density at radius 2 is 1.15 bits per heavy atom. The van der Waals surface area contributed by atoms with E-state index >= 15 is 0 Å². The molecule has 0 aromatic rings. The van der Waals surface area contributed by atoms with E-state index in [1.807, 2.05) is 20.8 Å². The van der Waals surface area contributed by atoms with Crippen LogP contribution in [0.3, 0.4) is 0 Å². The molecule has 0 aromatic heterocycles. The molecule has 0 bridgehead atoms. The van der Waals surface area contributed by atoms with Crippen LogP contribution < -0.4 is 0 Å². The molecule has 14 N–H and O–H groups in total. The van der Waals surface area contributed by atoms with Gasteiger partial charge in [0.2, 0.25) is 0 Å². The van der Waals surface area contributed by atoms with Gasteiger partial charge in [0.05, 0.1) is 43.7 Å². The number of allylic oxidation sites excluding steroid dienone is 2. The smallest absolute Gasteiger partial charge is 0.187 e. The van der Waals surface area contributed by atoms with Gasteiger partial charge in [0, 0.05) is 0 Å². The first-order chi connectivity index (χ1) is 35.1. The fourth-order valence-corrected chi connectivity index (χ4v) is 15.5. The van der Waals surface area contributed by atoms with Crippen molar-refractivity contribution in [1.82, 2.24) is 0 Å². The molecule has 22 heteroatoms. The minimum atomic E-state index is -1.81. The van der Waals surface area contributed by atoms with Crippen LogP contribution in [0.2, 0.25) is 0 Å². The molecular formula is C53H90O22. The van der Waals surface area contributed by atoms with E-state index in [0.717, 1.165) is 31.3 Å². The van der Waals surface area contributed by atoms with Crippen molar-refractivity contribution < 1.29 is 109 Å². The summed E-state index contributed by atoms with van der Waals surface area (Å²) in [5.41, 5.74) is -1.07. The standard InChI is InChI=1S/C53H90O22/c1-22(2)10-9-15-53(8,75-48-44(67)40(63)37(60)31(72-48)21-68-46-42(65)38(61)34(57)23(3)69-46)26-14-17-52(7)33(26)28(56)18-27-24-11-12-32(50(4,5)25(24)13-16-51(27,52)6)73-49-45(41(64)36(59)30(20-55)71-49)74-47-43(66)39(62)35(58)29(19-54)70-47/h10,23-49,54-67H,9,11-21H2,1-8H3/t23-,24?,25?,26?,27?,28?,29+,30+,31+,32?,33?,34+,35+,36+,37+,38+,39-,40-,41-,42+,43+,44+,45+,46+,47-,48-,49-,51?,52?,53-/m0/s1. The quantitative estimate of drug-likeness (QED) is 0.0651. The Kier molecular flexibility index (Phi) is 18.4. The van der Waals surface area contributed by atoms with Crippen molar-refractivity contribution in [3.8, 4) is 0 Å². The van der Waals surface area contributed by atoms with Gasteiger partial charge in [-0.3, -0.25) is 0 Å². The summed E-state index contributed by atoms with van der Waals surface area (Å²) in [4.78, 5) is 0. The first-order valence-corrected chi connectivity index (χ1v) is 27.4. The van der Waals surface area contributed by atoms with E-state index in [0.29, 0.717) is 32.1 Å². The van der Waals surface area contributed by atoms with Crippen molar-refractivity contribution in [3.63, 3.8) is 0 Å². The Balaban J connectivity index is 0.993. The van der Waals surface area contributed by atoms with Crippen LogP contribution in [0.25, 0.3) is 0 Å². The summed E-state index contributed by atoms with van der Waals surface area (Å²) in [6, 6.07) is 0. The molecule has 9 unspecified atom stereocenters.